The van der Waals surface area contributed by atoms with Gasteiger partial charge in [0.1, 0.15) is 5.69 Å². The Morgan fingerprint density at radius 3 is 2.71 bits per heavy atom. The van der Waals surface area contributed by atoms with Gasteiger partial charge in [-0.25, -0.2) is 13.8 Å². The molecule has 1 heterocycles. The van der Waals surface area contributed by atoms with Crippen LogP contribution in [-0.4, -0.2) is 17.6 Å². The molecule has 0 spiro atoms. The number of esters is 1. The molecule has 0 aliphatic carbocycles. The summed E-state index contributed by atoms with van der Waals surface area (Å²) >= 11 is 6.30. The van der Waals surface area contributed by atoms with Gasteiger partial charge in [-0.05, 0) is 44.8 Å². The minimum atomic E-state index is -2.68. The number of rotatable bonds is 4. The third kappa shape index (κ3) is 3.99. The lowest BCUT2D eigenvalue weighted by molar-refractivity contribution is -0.142. The zero-order valence-corrected chi connectivity index (χ0v) is 12.0. The van der Waals surface area contributed by atoms with Crippen molar-refractivity contribution in [1.82, 2.24) is 4.98 Å². The predicted octanol–water partition coefficient (Wildman–Crippen LogP) is 3.65. The number of alkyl halides is 2. The molecule has 0 unspecified atom stereocenters. The molecule has 0 aliphatic heterocycles. The number of halogens is 4. The Morgan fingerprint density at radius 1 is 1.53 bits per heavy atom. The molecule has 0 atom stereocenters. The van der Waals surface area contributed by atoms with Crippen LogP contribution in [0, 0.1) is 0 Å². The van der Waals surface area contributed by atoms with E-state index in [0.29, 0.717) is 8.95 Å². The standard InChI is InChI=1S/C10H9Br2F2NO2/c1-2-17-8(16)4-6-9(12)5(11)3-7(15-6)10(13)14/h3,10H,2,4H2,1H3. The Hall–Kier alpha value is -0.560. The molecule has 1 rings (SSSR count). The second-order valence-electron chi connectivity index (χ2n) is 3.07. The van der Waals surface area contributed by atoms with Crippen molar-refractivity contribution < 1.29 is 18.3 Å². The van der Waals surface area contributed by atoms with E-state index < -0.39 is 12.4 Å². The predicted molar refractivity (Wildman–Crippen MR) is 64.9 cm³/mol. The Balaban J connectivity index is 3.01. The quantitative estimate of drug-likeness (QED) is 0.757. The van der Waals surface area contributed by atoms with Gasteiger partial charge in [0.2, 0.25) is 0 Å². The third-order valence-electron chi connectivity index (χ3n) is 1.84. The van der Waals surface area contributed by atoms with Crippen molar-refractivity contribution in [3.63, 3.8) is 0 Å². The van der Waals surface area contributed by atoms with Crippen LogP contribution >= 0.6 is 31.9 Å². The first-order valence-electron chi connectivity index (χ1n) is 4.74. The second-order valence-corrected chi connectivity index (χ2v) is 4.72. The van der Waals surface area contributed by atoms with Gasteiger partial charge in [-0.2, -0.15) is 0 Å². The number of aromatic nitrogens is 1. The summed E-state index contributed by atoms with van der Waals surface area (Å²) in [5.74, 6) is -0.501. The lowest BCUT2D eigenvalue weighted by Gasteiger charge is -2.08. The molecule has 17 heavy (non-hydrogen) atoms. The fraction of sp³-hybridized carbons (Fsp3) is 0.400. The van der Waals surface area contributed by atoms with Gasteiger partial charge in [0, 0.05) is 4.47 Å². The highest BCUT2D eigenvalue weighted by Crippen LogP contribution is 2.30. The van der Waals surface area contributed by atoms with E-state index in [1.165, 1.54) is 6.07 Å². The first-order valence-corrected chi connectivity index (χ1v) is 6.32. The van der Waals surface area contributed by atoms with Crippen molar-refractivity contribution in [3.8, 4) is 0 Å². The van der Waals surface area contributed by atoms with Crippen molar-refractivity contribution in [2.45, 2.75) is 19.8 Å². The topological polar surface area (TPSA) is 39.2 Å². The van der Waals surface area contributed by atoms with Gasteiger partial charge in [-0.3, -0.25) is 4.79 Å². The average Bonchev–Trinajstić information content (AvgIpc) is 2.24. The van der Waals surface area contributed by atoms with Crippen molar-refractivity contribution in [2.75, 3.05) is 6.61 Å². The first kappa shape index (κ1) is 14.5. The van der Waals surface area contributed by atoms with Crippen LogP contribution in [0.5, 0.6) is 0 Å². The molecule has 3 nitrogen and oxygen atoms in total. The van der Waals surface area contributed by atoms with E-state index >= 15 is 0 Å². The summed E-state index contributed by atoms with van der Waals surface area (Å²) in [6.07, 6.45) is -2.83. The minimum absolute atomic E-state index is 0.145. The molecular weight excluding hydrogens is 364 g/mol. The maximum atomic E-state index is 12.5. The Morgan fingerprint density at radius 2 is 2.18 bits per heavy atom. The number of pyridine rings is 1. The average molecular weight is 373 g/mol. The molecule has 0 radical (unpaired) electrons. The van der Waals surface area contributed by atoms with Gasteiger partial charge in [0.25, 0.3) is 6.43 Å². The minimum Gasteiger partial charge on any atom is -0.466 e. The number of carbonyl (C=O) groups excluding carboxylic acids is 1. The first-order chi connectivity index (χ1) is 7.95. The normalized spacial score (nSPS) is 10.7. The van der Waals surface area contributed by atoms with Gasteiger partial charge >= 0.3 is 5.97 Å². The van der Waals surface area contributed by atoms with Gasteiger partial charge in [-0.1, -0.05) is 0 Å². The molecule has 94 valence electrons. The molecule has 0 N–H and O–H groups in total. The van der Waals surface area contributed by atoms with Crippen molar-refractivity contribution >= 4 is 37.8 Å². The maximum absolute atomic E-state index is 12.5. The van der Waals surface area contributed by atoms with Gasteiger partial charge in [-0.15, -0.1) is 0 Å². The van der Waals surface area contributed by atoms with Crippen molar-refractivity contribution in [3.05, 3.63) is 26.4 Å². The van der Waals surface area contributed by atoms with Crippen molar-refractivity contribution in [2.24, 2.45) is 0 Å². The van der Waals surface area contributed by atoms with Crippen LogP contribution in [-0.2, 0) is 16.0 Å². The van der Waals surface area contributed by atoms with E-state index in [-0.39, 0.29) is 24.4 Å². The fourth-order valence-electron chi connectivity index (χ4n) is 1.15. The summed E-state index contributed by atoms with van der Waals surface area (Å²) in [5, 5.41) is 0. The molecule has 0 saturated carbocycles. The van der Waals surface area contributed by atoms with E-state index in [4.69, 9.17) is 4.74 Å². The van der Waals surface area contributed by atoms with E-state index in [2.05, 4.69) is 36.8 Å². The van der Waals surface area contributed by atoms with E-state index in [1.807, 2.05) is 0 Å². The molecule has 0 aromatic carbocycles. The Labute approximate surface area is 114 Å². The van der Waals surface area contributed by atoms with Gasteiger partial charge < -0.3 is 4.74 Å². The zero-order chi connectivity index (χ0) is 13.0. The summed E-state index contributed by atoms with van der Waals surface area (Å²) in [6.45, 7) is 1.91. The zero-order valence-electron chi connectivity index (χ0n) is 8.84. The van der Waals surface area contributed by atoms with Crippen LogP contribution in [0.15, 0.2) is 15.0 Å². The van der Waals surface area contributed by atoms with Crippen LogP contribution in [0.4, 0.5) is 8.78 Å². The molecule has 1 aromatic rings. The molecule has 0 fully saturated rings. The second kappa shape index (κ2) is 6.39. The third-order valence-corrected chi connectivity index (χ3v) is 3.88. The number of hydrogen-bond acceptors (Lipinski definition) is 3. The van der Waals surface area contributed by atoms with E-state index in [0.717, 1.165) is 0 Å². The lowest BCUT2D eigenvalue weighted by atomic mass is 10.2. The van der Waals surface area contributed by atoms with Gasteiger partial charge in [0.15, 0.2) is 0 Å². The highest BCUT2D eigenvalue weighted by molar-refractivity contribution is 9.13. The van der Waals surface area contributed by atoms with Crippen LogP contribution in [0.1, 0.15) is 24.7 Å². The number of ether oxygens (including phenoxy) is 1. The lowest BCUT2D eigenvalue weighted by Crippen LogP contribution is -2.10. The summed E-state index contributed by atoms with van der Waals surface area (Å²) < 4.78 is 30.7. The highest BCUT2D eigenvalue weighted by Gasteiger charge is 2.17. The van der Waals surface area contributed by atoms with E-state index in [1.54, 1.807) is 6.92 Å². The number of carbonyl (C=O) groups is 1. The van der Waals surface area contributed by atoms with Crippen molar-refractivity contribution in [1.29, 1.82) is 0 Å². The molecular formula is C10H9Br2F2NO2. The SMILES string of the molecule is CCOC(=O)Cc1nc(C(F)F)cc(Br)c1Br. The van der Waals surface area contributed by atoms with Crippen LogP contribution < -0.4 is 0 Å². The highest BCUT2D eigenvalue weighted by atomic mass is 79.9. The van der Waals surface area contributed by atoms with Crippen LogP contribution in [0.25, 0.3) is 0 Å². The summed E-state index contributed by atoms with van der Waals surface area (Å²) in [6, 6.07) is 1.21. The summed E-state index contributed by atoms with van der Waals surface area (Å²) in [4.78, 5) is 15.0. The molecule has 7 heteroatoms. The Bertz CT molecular complexity index is 427. The molecule has 0 bridgehead atoms. The number of hydrogen-bond donors (Lipinski definition) is 0. The van der Waals surface area contributed by atoms with E-state index in [9.17, 15) is 13.6 Å². The van der Waals surface area contributed by atoms with Crippen LogP contribution in [0.2, 0.25) is 0 Å². The molecule has 0 saturated heterocycles. The summed E-state index contributed by atoms with van der Waals surface area (Å²) in [5.41, 5.74) is -0.146. The largest absolute Gasteiger partial charge is 0.466 e. The molecule has 0 amide bonds. The monoisotopic (exact) mass is 371 g/mol. The smallest absolute Gasteiger partial charge is 0.311 e. The maximum Gasteiger partial charge on any atom is 0.311 e. The molecule has 1 aromatic heterocycles. The number of nitrogens with zero attached hydrogens (tertiary/aromatic N) is 1. The summed E-state index contributed by atoms with van der Waals surface area (Å²) in [7, 11) is 0. The Kier molecular flexibility index (Phi) is 5.45. The molecule has 0 aliphatic rings. The fourth-order valence-corrected chi connectivity index (χ4v) is 1.95. The van der Waals surface area contributed by atoms with Gasteiger partial charge in [0.05, 0.1) is 23.2 Å². The van der Waals surface area contributed by atoms with Crippen LogP contribution in [0.3, 0.4) is 0 Å².